The summed E-state index contributed by atoms with van der Waals surface area (Å²) in [6, 6.07) is 8.13. The maximum atomic E-state index is 12.5. The average molecular weight is 383 g/mol. The number of rotatable bonds is 9. The van der Waals surface area contributed by atoms with Crippen LogP contribution in [0.2, 0.25) is 0 Å². The van der Waals surface area contributed by atoms with Crippen molar-refractivity contribution in [3.8, 4) is 17.2 Å². The van der Waals surface area contributed by atoms with Crippen molar-refractivity contribution in [1.82, 2.24) is 0 Å². The molecule has 0 bridgehead atoms. The van der Waals surface area contributed by atoms with Gasteiger partial charge in [0.15, 0.2) is 5.78 Å². The third-order valence-electron chi connectivity index (χ3n) is 4.39. The van der Waals surface area contributed by atoms with Gasteiger partial charge in [-0.05, 0) is 80.3 Å². The molecule has 0 heterocycles. The number of hydrogen-bond donors (Lipinski definition) is 2. The van der Waals surface area contributed by atoms with E-state index < -0.39 is 0 Å². The largest absolute Gasteiger partial charge is 0.508 e. The van der Waals surface area contributed by atoms with E-state index in [4.69, 9.17) is 4.74 Å². The molecule has 150 valence electrons. The van der Waals surface area contributed by atoms with Crippen LogP contribution in [0.25, 0.3) is 6.08 Å². The molecule has 2 aromatic carbocycles. The van der Waals surface area contributed by atoms with Crippen molar-refractivity contribution in [2.45, 2.75) is 59.5 Å². The summed E-state index contributed by atoms with van der Waals surface area (Å²) in [7, 11) is 0. The molecule has 0 spiro atoms. The Kier molecular flexibility index (Phi) is 7.68. The van der Waals surface area contributed by atoms with Crippen LogP contribution in [-0.2, 0) is 12.8 Å². The Morgan fingerprint density at radius 3 is 2.21 bits per heavy atom. The SMILES string of the molecule is CCCc1cc(CCC)c(OC(C)C)c(C=CC(=O)c2ccc(O)cc2)c1O. The van der Waals surface area contributed by atoms with Gasteiger partial charge in [0.05, 0.1) is 11.7 Å². The Morgan fingerprint density at radius 2 is 1.64 bits per heavy atom. The second kappa shape index (κ2) is 9.98. The zero-order chi connectivity index (χ0) is 20.7. The van der Waals surface area contributed by atoms with Gasteiger partial charge in [-0.15, -0.1) is 0 Å². The second-order valence-corrected chi connectivity index (χ2v) is 7.20. The van der Waals surface area contributed by atoms with Crippen LogP contribution in [0, 0.1) is 0 Å². The molecule has 4 nitrogen and oxygen atoms in total. The molecule has 0 aliphatic rings. The first kappa shape index (κ1) is 21.5. The van der Waals surface area contributed by atoms with Crippen molar-refractivity contribution < 1.29 is 19.7 Å². The molecule has 0 saturated heterocycles. The van der Waals surface area contributed by atoms with Crippen molar-refractivity contribution >= 4 is 11.9 Å². The summed E-state index contributed by atoms with van der Waals surface area (Å²) in [5.41, 5.74) is 2.95. The summed E-state index contributed by atoms with van der Waals surface area (Å²) >= 11 is 0. The number of benzene rings is 2. The third-order valence-corrected chi connectivity index (χ3v) is 4.39. The molecular formula is C24H30O4. The van der Waals surface area contributed by atoms with E-state index in [9.17, 15) is 15.0 Å². The molecule has 28 heavy (non-hydrogen) atoms. The first-order valence-corrected chi connectivity index (χ1v) is 9.93. The number of phenolic OH excluding ortho intramolecular Hbond substituents is 2. The Bertz CT molecular complexity index is 833. The lowest BCUT2D eigenvalue weighted by Crippen LogP contribution is -2.10. The highest BCUT2D eigenvalue weighted by Crippen LogP contribution is 2.38. The molecule has 0 aliphatic carbocycles. The Morgan fingerprint density at radius 1 is 1.04 bits per heavy atom. The van der Waals surface area contributed by atoms with Crippen LogP contribution in [0.1, 0.15) is 67.6 Å². The van der Waals surface area contributed by atoms with Gasteiger partial charge in [-0.2, -0.15) is 0 Å². The summed E-state index contributed by atoms with van der Waals surface area (Å²) in [6.45, 7) is 8.07. The van der Waals surface area contributed by atoms with Gasteiger partial charge < -0.3 is 14.9 Å². The van der Waals surface area contributed by atoms with Crippen molar-refractivity contribution in [3.05, 3.63) is 58.7 Å². The number of hydrogen-bond acceptors (Lipinski definition) is 4. The van der Waals surface area contributed by atoms with Gasteiger partial charge in [-0.25, -0.2) is 0 Å². The van der Waals surface area contributed by atoms with E-state index >= 15 is 0 Å². The molecule has 0 atom stereocenters. The van der Waals surface area contributed by atoms with E-state index in [0.717, 1.165) is 36.8 Å². The molecule has 0 fully saturated rings. The van der Waals surface area contributed by atoms with Gasteiger partial charge in [-0.3, -0.25) is 4.79 Å². The zero-order valence-corrected chi connectivity index (χ0v) is 17.2. The maximum absolute atomic E-state index is 12.5. The van der Waals surface area contributed by atoms with Crippen LogP contribution >= 0.6 is 0 Å². The van der Waals surface area contributed by atoms with Crippen molar-refractivity contribution in [3.63, 3.8) is 0 Å². The molecular weight excluding hydrogens is 352 g/mol. The van der Waals surface area contributed by atoms with Crippen LogP contribution in [0.3, 0.4) is 0 Å². The first-order chi connectivity index (χ1) is 13.4. The number of aryl methyl sites for hydroxylation is 2. The molecule has 0 saturated carbocycles. The van der Waals surface area contributed by atoms with E-state index in [1.165, 1.54) is 18.2 Å². The Hall–Kier alpha value is -2.75. The average Bonchev–Trinajstić information content (AvgIpc) is 2.65. The minimum atomic E-state index is -0.201. The summed E-state index contributed by atoms with van der Waals surface area (Å²) in [5.74, 6) is 0.728. The molecule has 2 aromatic rings. The van der Waals surface area contributed by atoms with Crippen molar-refractivity contribution in [2.24, 2.45) is 0 Å². The first-order valence-electron chi connectivity index (χ1n) is 9.93. The monoisotopic (exact) mass is 382 g/mol. The summed E-state index contributed by atoms with van der Waals surface area (Å²) in [5, 5.41) is 20.2. The number of carbonyl (C=O) groups is 1. The minimum absolute atomic E-state index is 0.0491. The zero-order valence-electron chi connectivity index (χ0n) is 17.2. The van der Waals surface area contributed by atoms with E-state index in [1.54, 1.807) is 18.2 Å². The maximum Gasteiger partial charge on any atom is 0.185 e. The fourth-order valence-corrected chi connectivity index (χ4v) is 3.12. The third kappa shape index (κ3) is 5.38. The predicted octanol–water partition coefficient (Wildman–Crippen LogP) is 5.69. The summed E-state index contributed by atoms with van der Waals surface area (Å²) in [6.07, 6.45) is 6.51. The standard InChI is InChI=1S/C24H30O4/c1-5-7-18-15-19(8-6-2)24(28-16(3)4)21(23(18)27)13-14-22(26)17-9-11-20(25)12-10-17/h9-16,25,27H,5-8H2,1-4H3. The fraction of sp³-hybridized carbons (Fsp3) is 0.375. The van der Waals surface area contributed by atoms with Crippen LogP contribution in [-0.4, -0.2) is 22.1 Å². The van der Waals surface area contributed by atoms with Gasteiger partial charge in [0.2, 0.25) is 0 Å². The molecule has 0 radical (unpaired) electrons. The van der Waals surface area contributed by atoms with E-state index in [1.807, 2.05) is 19.9 Å². The van der Waals surface area contributed by atoms with E-state index in [2.05, 4.69) is 13.8 Å². The minimum Gasteiger partial charge on any atom is -0.508 e. The van der Waals surface area contributed by atoms with Gasteiger partial charge in [0.25, 0.3) is 0 Å². The number of ether oxygens (including phenoxy) is 1. The number of aromatic hydroxyl groups is 2. The highest BCUT2D eigenvalue weighted by molar-refractivity contribution is 6.07. The molecule has 0 aromatic heterocycles. The predicted molar refractivity (Wildman–Crippen MR) is 113 cm³/mol. The highest BCUT2D eigenvalue weighted by atomic mass is 16.5. The lowest BCUT2D eigenvalue weighted by atomic mass is 9.96. The quantitative estimate of drug-likeness (QED) is 0.432. The van der Waals surface area contributed by atoms with Crippen LogP contribution in [0.15, 0.2) is 36.4 Å². The molecule has 4 heteroatoms. The van der Waals surface area contributed by atoms with Crippen LogP contribution < -0.4 is 4.74 Å². The number of allylic oxidation sites excluding steroid dienone is 1. The van der Waals surface area contributed by atoms with E-state index in [-0.39, 0.29) is 23.4 Å². The second-order valence-electron chi connectivity index (χ2n) is 7.20. The van der Waals surface area contributed by atoms with Crippen LogP contribution in [0.5, 0.6) is 17.2 Å². The van der Waals surface area contributed by atoms with Gasteiger partial charge >= 0.3 is 0 Å². The molecule has 0 aliphatic heterocycles. The van der Waals surface area contributed by atoms with Gasteiger partial charge in [0.1, 0.15) is 17.2 Å². The Labute approximate surface area is 167 Å². The van der Waals surface area contributed by atoms with Crippen molar-refractivity contribution in [1.29, 1.82) is 0 Å². The Balaban J connectivity index is 2.51. The molecule has 0 amide bonds. The normalized spacial score (nSPS) is 11.3. The lowest BCUT2D eigenvalue weighted by Gasteiger charge is -2.20. The molecule has 2 N–H and O–H groups in total. The fourth-order valence-electron chi connectivity index (χ4n) is 3.12. The topological polar surface area (TPSA) is 66.8 Å². The van der Waals surface area contributed by atoms with Crippen LogP contribution in [0.4, 0.5) is 0 Å². The summed E-state index contributed by atoms with van der Waals surface area (Å²) < 4.78 is 6.04. The highest BCUT2D eigenvalue weighted by Gasteiger charge is 2.18. The summed E-state index contributed by atoms with van der Waals surface area (Å²) in [4.78, 5) is 12.5. The number of phenols is 2. The van der Waals surface area contributed by atoms with Gasteiger partial charge in [-0.1, -0.05) is 26.7 Å². The van der Waals surface area contributed by atoms with Crippen molar-refractivity contribution in [2.75, 3.05) is 0 Å². The smallest absolute Gasteiger partial charge is 0.185 e. The van der Waals surface area contributed by atoms with E-state index in [0.29, 0.717) is 16.9 Å². The number of ketones is 1. The molecule has 2 rings (SSSR count). The number of carbonyl (C=O) groups excluding carboxylic acids is 1. The lowest BCUT2D eigenvalue weighted by molar-refractivity contribution is 0.104. The van der Waals surface area contributed by atoms with Gasteiger partial charge in [0, 0.05) is 5.56 Å². The molecule has 0 unspecified atom stereocenters.